The van der Waals surface area contributed by atoms with E-state index in [1.54, 1.807) is 6.20 Å². The largest absolute Gasteiger partial charge is 0.351 e. The molecule has 3 N–H and O–H groups in total. The van der Waals surface area contributed by atoms with Gasteiger partial charge in [-0.1, -0.05) is 6.92 Å². The van der Waals surface area contributed by atoms with Gasteiger partial charge in [-0.2, -0.15) is 0 Å². The number of anilines is 1. The second kappa shape index (κ2) is 5.25. The molecule has 1 aliphatic rings. The molecule has 0 atom stereocenters. The van der Waals surface area contributed by atoms with Gasteiger partial charge in [0.05, 0.1) is 5.69 Å². The highest BCUT2D eigenvalue weighted by Gasteiger charge is 2.18. The molecule has 0 saturated heterocycles. The lowest BCUT2D eigenvalue weighted by molar-refractivity contribution is 0.360. The van der Waals surface area contributed by atoms with E-state index in [0.717, 1.165) is 17.6 Å². The molecule has 0 spiro atoms. The summed E-state index contributed by atoms with van der Waals surface area (Å²) >= 11 is 0. The zero-order chi connectivity index (χ0) is 11.4. The number of rotatable bonds is 3. The molecular formula is C12H20N4. The Morgan fingerprint density at radius 2 is 2.12 bits per heavy atom. The van der Waals surface area contributed by atoms with Gasteiger partial charge < -0.3 is 11.1 Å². The van der Waals surface area contributed by atoms with Crippen molar-refractivity contribution < 1.29 is 0 Å². The van der Waals surface area contributed by atoms with Crippen molar-refractivity contribution in [3.8, 4) is 0 Å². The number of nitrogens with one attached hydrogen (secondary N) is 1. The average Bonchev–Trinajstić information content (AvgIpc) is 2.32. The molecule has 1 aromatic rings. The van der Waals surface area contributed by atoms with Crippen LogP contribution in [0.5, 0.6) is 0 Å². The third-order valence-corrected chi connectivity index (χ3v) is 3.27. The van der Waals surface area contributed by atoms with Crippen molar-refractivity contribution in [1.82, 2.24) is 9.97 Å². The first-order valence-electron chi connectivity index (χ1n) is 6.06. The van der Waals surface area contributed by atoms with Crippen molar-refractivity contribution in [2.75, 3.05) is 5.32 Å². The van der Waals surface area contributed by atoms with Crippen LogP contribution in [-0.4, -0.2) is 16.0 Å². The van der Waals surface area contributed by atoms with Crippen LogP contribution in [0, 0.1) is 5.92 Å². The Morgan fingerprint density at radius 1 is 1.38 bits per heavy atom. The van der Waals surface area contributed by atoms with Gasteiger partial charge in [0.15, 0.2) is 0 Å². The molecule has 0 aromatic carbocycles. The van der Waals surface area contributed by atoms with E-state index in [9.17, 15) is 0 Å². The van der Waals surface area contributed by atoms with Crippen molar-refractivity contribution >= 4 is 5.95 Å². The lowest BCUT2D eigenvalue weighted by Gasteiger charge is -2.26. The highest BCUT2D eigenvalue weighted by atomic mass is 15.1. The van der Waals surface area contributed by atoms with Crippen molar-refractivity contribution in [2.24, 2.45) is 11.7 Å². The molecule has 1 fully saturated rings. The minimum absolute atomic E-state index is 0.471. The molecule has 0 unspecified atom stereocenters. The average molecular weight is 220 g/mol. The molecule has 0 bridgehead atoms. The SMILES string of the molecule is CC1CCC(Nc2nccc(CN)n2)CC1. The maximum absolute atomic E-state index is 5.55. The molecule has 0 aliphatic heterocycles. The fraction of sp³-hybridized carbons (Fsp3) is 0.667. The van der Waals surface area contributed by atoms with Gasteiger partial charge in [0.2, 0.25) is 5.95 Å². The van der Waals surface area contributed by atoms with Crippen LogP contribution >= 0.6 is 0 Å². The van der Waals surface area contributed by atoms with Crippen molar-refractivity contribution in [2.45, 2.75) is 45.2 Å². The van der Waals surface area contributed by atoms with Crippen LogP contribution in [0.25, 0.3) is 0 Å². The van der Waals surface area contributed by atoms with Crippen LogP contribution in [0.3, 0.4) is 0 Å². The van der Waals surface area contributed by atoms with E-state index < -0.39 is 0 Å². The van der Waals surface area contributed by atoms with E-state index in [0.29, 0.717) is 12.6 Å². The van der Waals surface area contributed by atoms with Crippen LogP contribution in [0.4, 0.5) is 5.95 Å². The first-order valence-corrected chi connectivity index (χ1v) is 6.06. The van der Waals surface area contributed by atoms with Crippen LogP contribution in [0.2, 0.25) is 0 Å². The summed E-state index contributed by atoms with van der Waals surface area (Å²) in [5.74, 6) is 1.59. The number of hydrogen-bond donors (Lipinski definition) is 2. The van der Waals surface area contributed by atoms with E-state index in [4.69, 9.17) is 5.73 Å². The van der Waals surface area contributed by atoms with E-state index in [2.05, 4.69) is 22.2 Å². The highest BCUT2D eigenvalue weighted by molar-refractivity contribution is 5.26. The van der Waals surface area contributed by atoms with Gasteiger partial charge >= 0.3 is 0 Å². The molecule has 0 amide bonds. The summed E-state index contributed by atoms with van der Waals surface area (Å²) in [4.78, 5) is 8.58. The number of nitrogens with two attached hydrogens (primary N) is 1. The number of nitrogens with zero attached hydrogens (tertiary/aromatic N) is 2. The van der Waals surface area contributed by atoms with E-state index in [1.807, 2.05) is 6.07 Å². The quantitative estimate of drug-likeness (QED) is 0.817. The summed E-state index contributed by atoms with van der Waals surface area (Å²) in [6.07, 6.45) is 6.81. The smallest absolute Gasteiger partial charge is 0.223 e. The Kier molecular flexibility index (Phi) is 3.72. The fourth-order valence-corrected chi connectivity index (χ4v) is 2.17. The van der Waals surface area contributed by atoms with Gasteiger partial charge in [0.25, 0.3) is 0 Å². The van der Waals surface area contributed by atoms with Gasteiger partial charge in [-0.3, -0.25) is 0 Å². The molecular weight excluding hydrogens is 200 g/mol. The summed E-state index contributed by atoms with van der Waals surface area (Å²) < 4.78 is 0. The van der Waals surface area contributed by atoms with Gasteiger partial charge in [0.1, 0.15) is 0 Å². The summed E-state index contributed by atoms with van der Waals surface area (Å²) in [6, 6.07) is 2.39. The Balaban J connectivity index is 1.93. The van der Waals surface area contributed by atoms with E-state index in [-0.39, 0.29) is 0 Å². The fourth-order valence-electron chi connectivity index (χ4n) is 2.17. The van der Waals surface area contributed by atoms with Crippen LogP contribution in [-0.2, 0) is 6.54 Å². The molecule has 4 nitrogen and oxygen atoms in total. The minimum atomic E-state index is 0.471. The Bertz CT molecular complexity index is 332. The first kappa shape index (κ1) is 11.3. The zero-order valence-corrected chi connectivity index (χ0v) is 9.82. The zero-order valence-electron chi connectivity index (χ0n) is 9.82. The lowest BCUT2D eigenvalue weighted by atomic mass is 9.87. The molecule has 88 valence electrons. The summed E-state index contributed by atoms with van der Waals surface area (Å²) in [7, 11) is 0. The lowest BCUT2D eigenvalue weighted by Crippen LogP contribution is -2.26. The van der Waals surface area contributed by atoms with Crippen molar-refractivity contribution in [1.29, 1.82) is 0 Å². The minimum Gasteiger partial charge on any atom is -0.351 e. The topological polar surface area (TPSA) is 63.8 Å². The molecule has 16 heavy (non-hydrogen) atoms. The third kappa shape index (κ3) is 2.92. The second-order valence-electron chi connectivity index (χ2n) is 4.68. The van der Waals surface area contributed by atoms with Crippen LogP contribution in [0.15, 0.2) is 12.3 Å². The highest BCUT2D eigenvalue weighted by Crippen LogP contribution is 2.25. The first-order chi connectivity index (χ1) is 7.78. The molecule has 1 aliphatic carbocycles. The van der Waals surface area contributed by atoms with Gasteiger partial charge in [-0.25, -0.2) is 9.97 Å². The second-order valence-corrected chi connectivity index (χ2v) is 4.68. The maximum Gasteiger partial charge on any atom is 0.223 e. The Labute approximate surface area is 96.7 Å². The molecule has 0 radical (unpaired) electrons. The van der Waals surface area contributed by atoms with Crippen LogP contribution in [0.1, 0.15) is 38.3 Å². The predicted molar refractivity (Wildman–Crippen MR) is 65.0 cm³/mol. The third-order valence-electron chi connectivity index (χ3n) is 3.27. The normalized spacial score (nSPS) is 25.4. The Morgan fingerprint density at radius 3 is 2.81 bits per heavy atom. The standard InChI is InChI=1S/C12H20N4/c1-9-2-4-10(5-3-9)15-12-14-7-6-11(8-13)16-12/h6-7,9-10H,2-5,8,13H2,1H3,(H,14,15,16). The predicted octanol–water partition coefficient (Wildman–Crippen LogP) is 1.93. The summed E-state index contributed by atoms with van der Waals surface area (Å²) in [5, 5.41) is 3.40. The molecule has 1 aromatic heterocycles. The van der Waals surface area contributed by atoms with Gasteiger partial charge in [0, 0.05) is 18.8 Å². The maximum atomic E-state index is 5.55. The summed E-state index contributed by atoms with van der Waals surface area (Å²) in [6.45, 7) is 2.79. The molecule has 1 saturated carbocycles. The van der Waals surface area contributed by atoms with E-state index >= 15 is 0 Å². The Hall–Kier alpha value is -1.16. The van der Waals surface area contributed by atoms with Gasteiger partial charge in [-0.05, 0) is 37.7 Å². The van der Waals surface area contributed by atoms with E-state index in [1.165, 1.54) is 25.7 Å². The molecule has 1 heterocycles. The number of hydrogen-bond acceptors (Lipinski definition) is 4. The molecule has 2 rings (SSSR count). The van der Waals surface area contributed by atoms with Crippen molar-refractivity contribution in [3.05, 3.63) is 18.0 Å². The summed E-state index contributed by atoms with van der Waals surface area (Å²) in [5.41, 5.74) is 6.44. The van der Waals surface area contributed by atoms with Gasteiger partial charge in [-0.15, -0.1) is 0 Å². The van der Waals surface area contributed by atoms with Crippen molar-refractivity contribution in [3.63, 3.8) is 0 Å². The molecule has 4 heteroatoms. The monoisotopic (exact) mass is 220 g/mol. The van der Waals surface area contributed by atoms with Crippen LogP contribution < -0.4 is 11.1 Å². The number of aromatic nitrogens is 2.